The molecule has 0 aromatic heterocycles. The van der Waals surface area contributed by atoms with Crippen LogP contribution in [0.5, 0.6) is 11.5 Å². The molecule has 3 aromatic rings. The first-order valence-electron chi connectivity index (χ1n) is 8.47. The molecule has 0 bridgehead atoms. The van der Waals surface area contributed by atoms with E-state index < -0.39 is 0 Å². The van der Waals surface area contributed by atoms with E-state index in [9.17, 15) is 9.18 Å². The van der Waals surface area contributed by atoms with E-state index in [0.717, 1.165) is 11.3 Å². The third kappa shape index (κ3) is 3.98. The summed E-state index contributed by atoms with van der Waals surface area (Å²) in [4.78, 5) is 14.7. The molecule has 0 unspecified atom stereocenters. The quantitative estimate of drug-likeness (QED) is 0.390. The van der Waals surface area contributed by atoms with Crippen LogP contribution in [0, 0.1) is 5.82 Å². The highest BCUT2D eigenvalue weighted by Gasteiger charge is 2.33. The Morgan fingerprint density at radius 3 is 2.39 bits per heavy atom. The number of benzene rings is 3. The third-order valence-corrected chi connectivity index (χ3v) is 5.32. The number of anilines is 1. The molecule has 1 aliphatic heterocycles. The van der Waals surface area contributed by atoms with E-state index in [2.05, 4.69) is 0 Å². The second-order valence-corrected chi connectivity index (χ2v) is 7.66. The molecule has 0 spiro atoms. The summed E-state index contributed by atoms with van der Waals surface area (Å²) in [5.74, 6) is 0.826. The summed E-state index contributed by atoms with van der Waals surface area (Å²) in [6.45, 7) is 0. The summed E-state index contributed by atoms with van der Waals surface area (Å²) in [5, 5.41) is 0. The molecule has 1 saturated heterocycles. The Morgan fingerprint density at radius 2 is 1.64 bits per heavy atom. The van der Waals surface area contributed by atoms with Gasteiger partial charge in [0.25, 0.3) is 5.91 Å². The number of amides is 1. The van der Waals surface area contributed by atoms with Gasteiger partial charge in [-0.1, -0.05) is 54.3 Å². The largest absolute Gasteiger partial charge is 0.457 e. The molecule has 138 valence electrons. The molecule has 1 amide bonds. The second kappa shape index (κ2) is 7.96. The number of para-hydroxylation sites is 1. The Morgan fingerprint density at radius 1 is 0.929 bits per heavy atom. The minimum atomic E-state index is -0.361. The summed E-state index contributed by atoms with van der Waals surface area (Å²) < 4.78 is 19.4. The smallest absolute Gasteiger partial charge is 0.270 e. The van der Waals surface area contributed by atoms with E-state index in [0.29, 0.717) is 20.7 Å². The van der Waals surface area contributed by atoms with Gasteiger partial charge >= 0.3 is 0 Å². The molecule has 1 fully saturated rings. The molecule has 3 nitrogen and oxygen atoms in total. The number of rotatable bonds is 4. The van der Waals surface area contributed by atoms with Crippen LogP contribution in [-0.4, -0.2) is 10.2 Å². The van der Waals surface area contributed by atoms with Gasteiger partial charge in [-0.2, -0.15) is 0 Å². The van der Waals surface area contributed by atoms with Crippen molar-refractivity contribution in [1.82, 2.24) is 0 Å². The van der Waals surface area contributed by atoms with Gasteiger partial charge in [-0.15, -0.1) is 0 Å². The van der Waals surface area contributed by atoms with E-state index >= 15 is 0 Å². The zero-order valence-corrected chi connectivity index (χ0v) is 16.2. The zero-order valence-electron chi connectivity index (χ0n) is 14.5. The van der Waals surface area contributed by atoms with Gasteiger partial charge in [0, 0.05) is 0 Å². The van der Waals surface area contributed by atoms with Crippen molar-refractivity contribution in [3.05, 3.63) is 95.1 Å². The van der Waals surface area contributed by atoms with Crippen molar-refractivity contribution < 1.29 is 13.9 Å². The SMILES string of the molecule is O=C1/C(=C/c2cccc(Oc3ccccc3)c2)SC(=S)N1c1ccc(F)cc1. The van der Waals surface area contributed by atoms with Gasteiger partial charge in [0.1, 0.15) is 17.3 Å². The average molecular weight is 407 g/mol. The number of hydrogen-bond acceptors (Lipinski definition) is 4. The van der Waals surface area contributed by atoms with Gasteiger partial charge in [0.05, 0.1) is 10.6 Å². The Kier molecular flexibility index (Phi) is 5.23. The van der Waals surface area contributed by atoms with Gasteiger partial charge in [0.15, 0.2) is 4.32 Å². The Balaban J connectivity index is 1.57. The number of thioether (sulfide) groups is 1. The first-order chi connectivity index (χ1) is 13.6. The Bertz CT molecular complexity index is 1070. The van der Waals surface area contributed by atoms with E-state index in [1.807, 2.05) is 54.6 Å². The molecular formula is C22H14FNO2S2. The van der Waals surface area contributed by atoms with Crippen LogP contribution in [0.25, 0.3) is 6.08 Å². The lowest BCUT2D eigenvalue weighted by Gasteiger charge is -2.14. The van der Waals surface area contributed by atoms with Crippen molar-refractivity contribution in [2.45, 2.75) is 0 Å². The molecule has 3 aromatic carbocycles. The van der Waals surface area contributed by atoms with Crippen LogP contribution in [0.2, 0.25) is 0 Å². The van der Waals surface area contributed by atoms with E-state index in [1.165, 1.54) is 40.9 Å². The van der Waals surface area contributed by atoms with Crippen LogP contribution in [0.3, 0.4) is 0 Å². The van der Waals surface area contributed by atoms with Crippen molar-refractivity contribution in [3.63, 3.8) is 0 Å². The maximum Gasteiger partial charge on any atom is 0.270 e. The molecule has 28 heavy (non-hydrogen) atoms. The highest BCUT2D eigenvalue weighted by Crippen LogP contribution is 2.36. The van der Waals surface area contributed by atoms with Crippen molar-refractivity contribution in [2.75, 3.05) is 4.90 Å². The van der Waals surface area contributed by atoms with Crippen molar-refractivity contribution in [3.8, 4) is 11.5 Å². The van der Waals surface area contributed by atoms with E-state index in [4.69, 9.17) is 17.0 Å². The molecular weight excluding hydrogens is 393 g/mol. The van der Waals surface area contributed by atoms with Gasteiger partial charge in [0.2, 0.25) is 0 Å². The molecule has 6 heteroatoms. The number of ether oxygens (including phenoxy) is 1. The molecule has 0 N–H and O–H groups in total. The van der Waals surface area contributed by atoms with Crippen LogP contribution >= 0.6 is 24.0 Å². The molecule has 0 aliphatic carbocycles. The highest BCUT2D eigenvalue weighted by molar-refractivity contribution is 8.27. The minimum Gasteiger partial charge on any atom is -0.457 e. The molecule has 1 heterocycles. The van der Waals surface area contributed by atoms with Gasteiger partial charge in [-0.05, 0) is 60.2 Å². The monoisotopic (exact) mass is 407 g/mol. The summed E-state index contributed by atoms with van der Waals surface area (Å²) in [5.41, 5.74) is 1.38. The standard InChI is InChI=1S/C22H14FNO2S2/c23-16-9-11-17(12-10-16)24-21(25)20(28-22(24)27)14-15-5-4-8-19(13-15)26-18-6-2-1-3-7-18/h1-14H/b20-14-. The Labute approximate surface area is 171 Å². The second-order valence-electron chi connectivity index (χ2n) is 5.98. The van der Waals surface area contributed by atoms with Crippen LogP contribution in [0.15, 0.2) is 83.8 Å². The average Bonchev–Trinajstić information content (AvgIpc) is 2.97. The molecule has 4 rings (SSSR count). The van der Waals surface area contributed by atoms with E-state index in [1.54, 1.807) is 6.08 Å². The third-order valence-electron chi connectivity index (χ3n) is 4.01. The number of thiocarbonyl (C=S) groups is 1. The van der Waals surface area contributed by atoms with Crippen LogP contribution in [0.4, 0.5) is 10.1 Å². The maximum atomic E-state index is 13.2. The summed E-state index contributed by atoms with van der Waals surface area (Å²) in [6, 6.07) is 22.6. The predicted octanol–water partition coefficient (Wildman–Crippen LogP) is 6.02. The predicted molar refractivity (Wildman–Crippen MR) is 115 cm³/mol. The molecule has 1 aliphatic rings. The molecule has 0 atom stereocenters. The fourth-order valence-corrected chi connectivity index (χ4v) is 4.02. The van der Waals surface area contributed by atoms with Gasteiger partial charge in [-0.3, -0.25) is 9.69 Å². The zero-order chi connectivity index (χ0) is 19.5. The van der Waals surface area contributed by atoms with Crippen LogP contribution in [0.1, 0.15) is 5.56 Å². The lowest BCUT2D eigenvalue weighted by atomic mass is 10.2. The number of carbonyl (C=O) groups excluding carboxylic acids is 1. The van der Waals surface area contributed by atoms with Gasteiger partial charge in [-0.25, -0.2) is 4.39 Å². The normalized spacial score (nSPS) is 15.3. The summed E-state index contributed by atoms with van der Waals surface area (Å²) in [7, 11) is 0. The number of halogens is 1. The summed E-state index contributed by atoms with van der Waals surface area (Å²) >= 11 is 6.57. The number of hydrogen-bond donors (Lipinski definition) is 0. The van der Waals surface area contributed by atoms with Crippen molar-refractivity contribution >= 4 is 46.0 Å². The molecule has 0 radical (unpaired) electrons. The molecule has 0 saturated carbocycles. The maximum absolute atomic E-state index is 13.2. The van der Waals surface area contributed by atoms with Gasteiger partial charge < -0.3 is 4.74 Å². The first kappa shape index (κ1) is 18.4. The fourth-order valence-electron chi connectivity index (χ4n) is 2.72. The van der Waals surface area contributed by atoms with Crippen molar-refractivity contribution in [1.29, 1.82) is 0 Å². The van der Waals surface area contributed by atoms with Crippen LogP contribution < -0.4 is 9.64 Å². The highest BCUT2D eigenvalue weighted by atomic mass is 32.2. The van der Waals surface area contributed by atoms with E-state index in [-0.39, 0.29) is 11.7 Å². The number of nitrogens with zero attached hydrogens (tertiary/aromatic N) is 1. The van der Waals surface area contributed by atoms with Crippen LogP contribution in [-0.2, 0) is 4.79 Å². The number of carbonyl (C=O) groups is 1. The summed E-state index contributed by atoms with van der Waals surface area (Å²) in [6.07, 6.45) is 1.78. The minimum absolute atomic E-state index is 0.226. The fraction of sp³-hybridized carbons (Fsp3) is 0. The lowest BCUT2D eigenvalue weighted by molar-refractivity contribution is -0.113. The Hall–Kier alpha value is -2.96. The first-order valence-corrected chi connectivity index (χ1v) is 9.69. The lowest BCUT2D eigenvalue weighted by Crippen LogP contribution is -2.27. The van der Waals surface area contributed by atoms with Crippen molar-refractivity contribution in [2.24, 2.45) is 0 Å². The topological polar surface area (TPSA) is 29.5 Å².